The van der Waals surface area contributed by atoms with Crippen LogP contribution in [0.4, 0.5) is 0 Å². The molecule has 0 saturated carbocycles. The van der Waals surface area contributed by atoms with E-state index >= 15 is 0 Å². The molecule has 0 aliphatic heterocycles. The molecule has 0 aliphatic rings. The number of aromatic nitrogens is 1. The van der Waals surface area contributed by atoms with Gasteiger partial charge in [0.25, 0.3) is 0 Å². The highest BCUT2D eigenvalue weighted by Crippen LogP contribution is 2.34. The number of ether oxygens (including phenoxy) is 2. The van der Waals surface area contributed by atoms with E-state index in [1.165, 1.54) is 9.88 Å². The highest BCUT2D eigenvalue weighted by atomic mass is 32.1. The predicted molar refractivity (Wildman–Crippen MR) is 135 cm³/mol. The van der Waals surface area contributed by atoms with Gasteiger partial charge in [0, 0.05) is 16.0 Å². The van der Waals surface area contributed by atoms with E-state index in [1.54, 1.807) is 12.1 Å². The summed E-state index contributed by atoms with van der Waals surface area (Å²) < 4.78 is 11.7. The van der Waals surface area contributed by atoms with E-state index in [4.69, 9.17) is 25.4 Å². The third kappa shape index (κ3) is 6.96. The third-order valence-corrected chi connectivity index (χ3v) is 6.74. The second-order valence-corrected chi connectivity index (χ2v) is 9.24. The number of amidine groups is 1. The minimum absolute atomic E-state index is 0.0882. The second-order valence-electron chi connectivity index (χ2n) is 8.12. The quantitative estimate of drug-likeness (QED) is 0.108. The first kappa shape index (κ1) is 24.6. The Morgan fingerprint density at radius 2 is 1.55 bits per heavy atom. The number of hydrogen-bond acceptors (Lipinski definition) is 6. The molecular weight excluding hydrogens is 434 g/mol. The van der Waals surface area contributed by atoms with Crippen LogP contribution in [-0.4, -0.2) is 29.2 Å². The highest BCUT2D eigenvalue weighted by molar-refractivity contribution is 7.12. The molecule has 0 aliphatic carbocycles. The second kappa shape index (κ2) is 12.3. The first-order valence-corrected chi connectivity index (χ1v) is 12.3. The van der Waals surface area contributed by atoms with Crippen LogP contribution in [0, 0.1) is 0 Å². The monoisotopic (exact) mass is 467 g/mol. The molecule has 0 bridgehead atoms. The molecule has 0 unspecified atom stereocenters. The fourth-order valence-electron chi connectivity index (χ4n) is 3.38. The van der Waals surface area contributed by atoms with Crippen molar-refractivity contribution in [1.29, 1.82) is 0 Å². The van der Waals surface area contributed by atoms with Crippen LogP contribution in [0.3, 0.4) is 0 Å². The fraction of sp³-hybridized carbons (Fsp3) is 0.385. The van der Waals surface area contributed by atoms with Crippen LogP contribution in [0.15, 0.2) is 53.7 Å². The zero-order valence-corrected chi connectivity index (χ0v) is 20.4. The number of nitrogens with zero attached hydrogens (tertiary/aromatic N) is 2. The minimum Gasteiger partial charge on any atom is -0.494 e. The summed E-state index contributed by atoms with van der Waals surface area (Å²) in [6.07, 6.45) is 3.91. The Balaban J connectivity index is 1.37. The van der Waals surface area contributed by atoms with Crippen LogP contribution < -0.4 is 15.2 Å². The molecule has 0 saturated heterocycles. The van der Waals surface area contributed by atoms with Gasteiger partial charge in [-0.2, -0.15) is 0 Å². The summed E-state index contributed by atoms with van der Waals surface area (Å²) in [6.45, 7) is 7.92. The Labute approximate surface area is 200 Å². The summed E-state index contributed by atoms with van der Waals surface area (Å²) in [5.41, 5.74) is 8.48. The number of aryl methyl sites for hydroxylation is 1. The Kier molecular flexibility index (Phi) is 9.13. The molecule has 3 N–H and O–H groups in total. The lowest BCUT2D eigenvalue weighted by Gasteiger charge is -2.09. The number of oxime groups is 1. The van der Waals surface area contributed by atoms with Crippen LogP contribution in [0.5, 0.6) is 11.5 Å². The predicted octanol–water partition coefficient (Wildman–Crippen LogP) is 6.22. The lowest BCUT2D eigenvalue weighted by atomic mass is 10.1. The Morgan fingerprint density at radius 3 is 2.06 bits per heavy atom. The van der Waals surface area contributed by atoms with Crippen LogP contribution in [0.1, 0.15) is 61.4 Å². The Bertz CT molecular complexity index is 1030. The first-order chi connectivity index (χ1) is 16.0. The molecule has 0 spiro atoms. The van der Waals surface area contributed by atoms with Crippen LogP contribution >= 0.6 is 11.3 Å². The molecule has 33 heavy (non-hydrogen) atoms. The fourth-order valence-corrected chi connectivity index (χ4v) is 4.41. The molecule has 2 aromatic carbocycles. The van der Waals surface area contributed by atoms with Gasteiger partial charge in [-0.05, 0) is 80.1 Å². The number of benzene rings is 2. The topological polar surface area (TPSA) is 90.0 Å². The average molecular weight is 468 g/mol. The molecule has 1 aromatic heterocycles. The lowest BCUT2D eigenvalue weighted by Crippen LogP contribution is -2.12. The molecule has 176 valence electrons. The van der Waals surface area contributed by atoms with Gasteiger partial charge in [0.2, 0.25) is 0 Å². The van der Waals surface area contributed by atoms with Crippen molar-refractivity contribution in [3.63, 3.8) is 0 Å². The average Bonchev–Trinajstić information content (AvgIpc) is 3.29. The van der Waals surface area contributed by atoms with E-state index in [2.05, 4.69) is 38.1 Å². The number of nitrogens with two attached hydrogens (primary N) is 1. The lowest BCUT2D eigenvalue weighted by molar-refractivity contribution is 0.279. The summed E-state index contributed by atoms with van der Waals surface area (Å²) in [7, 11) is 0. The minimum atomic E-state index is 0.0882. The molecule has 0 atom stereocenters. The zero-order chi connectivity index (χ0) is 23.6. The SMILES string of the molecule is CCc1nc(-c2ccc(OCCCCCOc3ccc(C(N)=NO)cc3)cc2)c(C(C)C)s1. The van der Waals surface area contributed by atoms with Gasteiger partial charge in [0.1, 0.15) is 11.5 Å². The first-order valence-electron chi connectivity index (χ1n) is 11.5. The highest BCUT2D eigenvalue weighted by Gasteiger charge is 2.15. The van der Waals surface area contributed by atoms with Crippen molar-refractivity contribution in [2.75, 3.05) is 13.2 Å². The van der Waals surface area contributed by atoms with Gasteiger partial charge in [-0.3, -0.25) is 0 Å². The van der Waals surface area contributed by atoms with Crippen molar-refractivity contribution in [2.45, 2.75) is 52.4 Å². The van der Waals surface area contributed by atoms with Gasteiger partial charge >= 0.3 is 0 Å². The van der Waals surface area contributed by atoms with Crippen molar-refractivity contribution in [2.24, 2.45) is 10.9 Å². The van der Waals surface area contributed by atoms with Crippen molar-refractivity contribution in [3.05, 3.63) is 64.0 Å². The Morgan fingerprint density at radius 1 is 0.970 bits per heavy atom. The van der Waals surface area contributed by atoms with Crippen LogP contribution in [0.2, 0.25) is 0 Å². The van der Waals surface area contributed by atoms with Crippen molar-refractivity contribution in [1.82, 2.24) is 4.98 Å². The van der Waals surface area contributed by atoms with Gasteiger partial charge in [-0.25, -0.2) is 4.98 Å². The van der Waals surface area contributed by atoms with Gasteiger partial charge < -0.3 is 20.4 Å². The van der Waals surface area contributed by atoms with E-state index in [0.717, 1.165) is 48.4 Å². The largest absolute Gasteiger partial charge is 0.494 e. The molecule has 0 amide bonds. The Hall–Kier alpha value is -3.06. The molecule has 3 aromatic rings. The number of hydrogen-bond donors (Lipinski definition) is 2. The molecule has 1 heterocycles. The number of unbranched alkanes of at least 4 members (excludes halogenated alkanes) is 2. The normalized spacial score (nSPS) is 11.7. The van der Waals surface area contributed by atoms with Crippen LogP contribution in [0.25, 0.3) is 11.3 Å². The number of thiazole rings is 1. The van der Waals surface area contributed by atoms with E-state index in [-0.39, 0.29) is 5.84 Å². The van der Waals surface area contributed by atoms with Crippen molar-refractivity contribution in [3.8, 4) is 22.8 Å². The molecule has 6 nitrogen and oxygen atoms in total. The zero-order valence-electron chi connectivity index (χ0n) is 19.6. The summed E-state index contributed by atoms with van der Waals surface area (Å²) in [6, 6.07) is 15.5. The smallest absolute Gasteiger partial charge is 0.170 e. The van der Waals surface area contributed by atoms with E-state index in [1.807, 2.05) is 35.6 Å². The molecule has 0 fully saturated rings. The number of rotatable bonds is 12. The standard InChI is InChI=1S/C26H33N3O3S/c1-4-23-28-24(25(33-23)18(2)3)19-8-12-21(13-9-19)31-16-6-5-7-17-32-22-14-10-20(11-15-22)26(27)29-30/h8-15,18,30H,4-7,16-17H2,1-3H3,(H2,27,29). The van der Waals surface area contributed by atoms with Gasteiger partial charge in [0.15, 0.2) is 5.84 Å². The molecule has 3 rings (SSSR count). The van der Waals surface area contributed by atoms with Crippen molar-refractivity contribution < 1.29 is 14.7 Å². The summed E-state index contributed by atoms with van der Waals surface area (Å²) >= 11 is 1.82. The maximum absolute atomic E-state index is 8.69. The summed E-state index contributed by atoms with van der Waals surface area (Å²) in [4.78, 5) is 6.19. The van der Waals surface area contributed by atoms with E-state index < -0.39 is 0 Å². The molecule has 7 heteroatoms. The molecular formula is C26H33N3O3S. The van der Waals surface area contributed by atoms with E-state index in [9.17, 15) is 0 Å². The summed E-state index contributed by atoms with van der Waals surface area (Å²) in [5, 5.41) is 12.9. The van der Waals surface area contributed by atoms with Gasteiger partial charge in [-0.15, -0.1) is 11.3 Å². The van der Waals surface area contributed by atoms with Crippen LogP contribution in [-0.2, 0) is 6.42 Å². The summed E-state index contributed by atoms with van der Waals surface area (Å²) in [5.74, 6) is 2.22. The third-order valence-electron chi connectivity index (χ3n) is 5.24. The maximum Gasteiger partial charge on any atom is 0.170 e. The van der Waals surface area contributed by atoms with Gasteiger partial charge in [0.05, 0.1) is 23.9 Å². The van der Waals surface area contributed by atoms with Crippen molar-refractivity contribution >= 4 is 17.2 Å². The maximum atomic E-state index is 8.69. The molecule has 0 radical (unpaired) electrons. The van der Waals surface area contributed by atoms with Gasteiger partial charge in [-0.1, -0.05) is 25.9 Å². The van der Waals surface area contributed by atoms with E-state index in [0.29, 0.717) is 24.7 Å².